The second-order valence-electron chi connectivity index (χ2n) is 9.40. The molecule has 2 heterocycles. The Kier molecular flexibility index (Phi) is 6.08. The molecule has 4 heteroatoms. The van der Waals surface area contributed by atoms with Crippen LogP contribution in [0.2, 0.25) is 0 Å². The van der Waals surface area contributed by atoms with Crippen LogP contribution >= 0.6 is 0 Å². The number of para-hydroxylation sites is 1. The van der Waals surface area contributed by atoms with Crippen LogP contribution in [0.4, 0.5) is 17.1 Å². The van der Waals surface area contributed by atoms with E-state index in [4.69, 9.17) is 0 Å². The van der Waals surface area contributed by atoms with Gasteiger partial charge in [0.1, 0.15) is 0 Å². The molecule has 0 aliphatic carbocycles. The molecule has 0 bridgehead atoms. The Hall–Kier alpha value is -3.27. The lowest BCUT2D eigenvalue weighted by Gasteiger charge is -2.39. The van der Waals surface area contributed by atoms with E-state index in [-0.39, 0.29) is 18.0 Å². The zero-order valence-electron chi connectivity index (χ0n) is 19.6. The molecule has 2 aliphatic rings. The molecule has 4 nitrogen and oxygen atoms in total. The number of rotatable bonds is 4. The normalized spacial score (nSPS) is 20.3. The molecule has 3 aromatic rings. The Morgan fingerprint density at radius 1 is 0.879 bits per heavy atom. The first kappa shape index (κ1) is 21.6. The summed E-state index contributed by atoms with van der Waals surface area (Å²) in [5.74, 6) is 0.0977. The van der Waals surface area contributed by atoms with Gasteiger partial charge in [0.2, 0.25) is 5.91 Å². The number of nitrogens with zero attached hydrogens (tertiary/aromatic N) is 2. The molecule has 1 amide bonds. The number of carbonyl (C=O) groups excluding carboxylic acids is 1. The molecule has 33 heavy (non-hydrogen) atoms. The van der Waals surface area contributed by atoms with Crippen molar-refractivity contribution >= 4 is 23.0 Å². The molecule has 0 unspecified atom stereocenters. The van der Waals surface area contributed by atoms with Crippen LogP contribution in [0.5, 0.6) is 0 Å². The van der Waals surface area contributed by atoms with E-state index in [0.29, 0.717) is 0 Å². The number of hydrogen-bond acceptors (Lipinski definition) is 3. The van der Waals surface area contributed by atoms with E-state index in [0.717, 1.165) is 30.9 Å². The van der Waals surface area contributed by atoms with E-state index in [9.17, 15) is 4.79 Å². The summed E-state index contributed by atoms with van der Waals surface area (Å²) in [6, 6.07) is 26.2. The van der Waals surface area contributed by atoms with E-state index in [2.05, 4.69) is 83.9 Å². The van der Waals surface area contributed by atoms with Crippen LogP contribution in [-0.2, 0) is 4.79 Å². The number of anilines is 3. The molecule has 0 saturated carbocycles. The highest BCUT2D eigenvalue weighted by Gasteiger charge is 2.32. The highest BCUT2D eigenvalue weighted by atomic mass is 16.2. The molecule has 0 radical (unpaired) electrons. The average molecular weight is 440 g/mol. The molecule has 5 rings (SSSR count). The van der Waals surface area contributed by atoms with E-state index < -0.39 is 0 Å². The van der Waals surface area contributed by atoms with Crippen molar-refractivity contribution in [1.29, 1.82) is 0 Å². The van der Waals surface area contributed by atoms with Gasteiger partial charge in [-0.2, -0.15) is 0 Å². The van der Waals surface area contributed by atoms with Gasteiger partial charge in [0.15, 0.2) is 0 Å². The van der Waals surface area contributed by atoms with Crippen LogP contribution in [0, 0.1) is 0 Å². The maximum atomic E-state index is 12.5. The van der Waals surface area contributed by atoms with Crippen molar-refractivity contribution in [2.75, 3.05) is 28.2 Å². The number of nitrogens with one attached hydrogen (secondary N) is 1. The Balaban J connectivity index is 1.48. The molecule has 0 aromatic heterocycles. The summed E-state index contributed by atoms with van der Waals surface area (Å²) in [6.07, 6.45) is 4.79. The fourth-order valence-electron chi connectivity index (χ4n) is 5.41. The molecule has 2 aliphatic heterocycles. The van der Waals surface area contributed by atoms with Crippen LogP contribution in [0.15, 0.2) is 72.8 Å². The lowest BCUT2D eigenvalue weighted by molar-refractivity contribution is -0.117. The van der Waals surface area contributed by atoms with Crippen LogP contribution in [0.3, 0.4) is 0 Å². The third kappa shape index (κ3) is 4.47. The van der Waals surface area contributed by atoms with Crippen LogP contribution in [0.1, 0.15) is 51.1 Å². The molecular formula is C29H33N3O. The van der Waals surface area contributed by atoms with Gasteiger partial charge in [-0.05, 0) is 85.7 Å². The molecule has 1 saturated heterocycles. The van der Waals surface area contributed by atoms with E-state index in [1.807, 2.05) is 11.0 Å². The Morgan fingerprint density at radius 3 is 2.27 bits per heavy atom. The fourth-order valence-corrected chi connectivity index (χ4v) is 5.41. The largest absolute Gasteiger partial charge is 0.378 e. The standard InChI is InChI=1S/C29H33N3O/c1-21-19-28(30-25-9-5-3-6-10-25)27-20-24(13-16-29(27)32(21)22(2)33)23-11-14-26(15-12-23)31-17-7-4-8-18-31/h3,5-6,9-16,20-21,28,30H,4,7-8,17-19H2,1-2H3/t21-,28+/m1/s1. The summed E-state index contributed by atoms with van der Waals surface area (Å²) < 4.78 is 0. The van der Waals surface area contributed by atoms with Crippen molar-refractivity contribution in [2.24, 2.45) is 0 Å². The average Bonchev–Trinajstić information content (AvgIpc) is 2.85. The number of piperidine rings is 1. The second-order valence-corrected chi connectivity index (χ2v) is 9.40. The van der Waals surface area contributed by atoms with Gasteiger partial charge in [-0.1, -0.05) is 36.4 Å². The lowest BCUT2D eigenvalue weighted by Crippen LogP contribution is -2.43. The minimum atomic E-state index is 0.0977. The molecule has 2 atom stereocenters. The fraction of sp³-hybridized carbons (Fsp3) is 0.345. The van der Waals surface area contributed by atoms with Crippen LogP contribution < -0.4 is 15.1 Å². The Morgan fingerprint density at radius 2 is 1.58 bits per heavy atom. The van der Waals surface area contributed by atoms with Gasteiger partial charge in [-0.15, -0.1) is 0 Å². The molecule has 0 spiro atoms. The first-order valence-corrected chi connectivity index (χ1v) is 12.2. The summed E-state index contributed by atoms with van der Waals surface area (Å²) in [4.78, 5) is 16.9. The number of fused-ring (bicyclic) bond motifs is 1. The monoisotopic (exact) mass is 439 g/mol. The highest BCUT2D eigenvalue weighted by Crippen LogP contribution is 2.41. The van der Waals surface area contributed by atoms with Gasteiger partial charge in [0, 0.05) is 43.1 Å². The summed E-state index contributed by atoms with van der Waals surface area (Å²) in [7, 11) is 0. The van der Waals surface area contributed by atoms with E-state index in [1.165, 1.54) is 41.6 Å². The molecular weight excluding hydrogens is 406 g/mol. The Labute approximate surface area is 197 Å². The lowest BCUT2D eigenvalue weighted by atomic mass is 9.89. The van der Waals surface area contributed by atoms with E-state index in [1.54, 1.807) is 6.92 Å². The first-order valence-electron chi connectivity index (χ1n) is 12.2. The van der Waals surface area contributed by atoms with Gasteiger partial charge in [-0.25, -0.2) is 0 Å². The smallest absolute Gasteiger partial charge is 0.224 e. The van der Waals surface area contributed by atoms with Crippen molar-refractivity contribution in [1.82, 2.24) is 0 Å². The topological polar surface area (TPSA) is 35.6 Å². The maximum Gasteiger partial charge on any atom is 0.224 e. The SMILES string of the molecule is CC(=O)N1c2ccc(-c3ccc(N4CCCCC4)cc3)cc2[C@@H](Nc2ccccc2)C[C@H]1C. The van der Waals surface area contributed by atoms with Gasteiger partial charge in [0.25, 0.3) is 0 Å². The van der Waals surface area contributed by atoms with Gasteiger partial charge >= 0.3 is 0 Å². The molecule has 170 valence electrons. The number of amides is 1. The summed E-state index contributed by atoms with van der Waals surface area (Å²) in [6.45, 7) is 6.11. The van der Waals surface area contributed by atoms with Crippen molar-refractivity contribution in [2.45, 2.75) is 51.6 Å². The van der Waals surface area contributed by atoms with Gasteiger partial charge in [-0.3, -0.25) is 4.79 Å². The molecule has 1 N–H and O–H groups in total. The molecule has 3 aromatic carbocycles. The minimum Gasteiger partial charge on any atom is -0.378 e. The predicted molar refractivity (Wildman–Crippen MR) is 138 cm³/mol. The van der Waals surface area contributed by atoms with Gasteiger partial charge < -0.3 is 15.1 Å². The zero-order chi connectivity index (χ0) is 22.8. The predicted octanol–water partition coefficient (Wildman–Crippen LogP) is 6.64. The van der Waals surface area contributed by atoms with Crippen molar-refractivity contribution in [3.8, 4) is 11.1 Å². The third-order valence-corrected chi connectivity index (χ3v) is 7.06. The summed E-state index contributed by atoms with van der Waals surface area (Å²) >= 11 is 0. The van der Waals surface area contributed by atoms with Crippen LogP contribution in [-0.4, -0.2) is 25.0 Å². The van der Waals surface area contributed by atoms with Crippen LogP contribution in [0.25, 0.3) is 11.1 Å². The first-order chi connectivity index (χ1) is 16.1. The van der Waals surface area contributed by atoms with Gasteiger partial charge in [0.05, 0.1) is 6.04 Å². The molecule has 1 fully saturated rings. The Bertz CT molecular complexity index is 1100. The quantitative estimate of drug-likeness (QED) is 0.495. The number of carbonyl (C=O) groups is 1. The minimum absolute atomic E-state index is 0.0977. The maximum absolute atomic E-state index is 12.5. The number of hydrogen-bond donors (Lipinski definition) is 1. The van der Waals surface area contributed by atoms with Crippen molar-refractivity contribution in [3.63, 3.8) is 0 Å². The summed E-state index contributed by atoms with van der Waals surface area (Å²) in [5.41, 5.74) is 7.03. The highest BCUT2D eigenvalue weighted by molar-refractivity contribution is 5.94. The van der Waals surface area contributed by atoms with Crippen molar-refractivity contribution < 1.29 is 4.79 Å². The third-order valence-electron chi connectivity index (χ3n) is 7.06. The zero-order valence-corrected chi connectivity index (χ0v) is 19.6. The second kappa shape index (κ2) is 9.30. The van der Waals surface area contributed by atoms with E-state index >= 15 is 0 Å². The number of benzene rings is 3. The van der Waals surface area contributed by atoms with Crippen molar-refractivity contribution in [3.05, 3.63) is 78.4 Å². The summed E-state index contributed by atoms with van der Waals surface area (Å²) in [5, 5.41) is 3.71.